The van der Waals surface area contributed by atoms with Crippen LogP contribution in [0.15, 0.2) is 0 Å². The molecule has 0 aliphatic carbocycles. The molecule has 0 saturated heterocycles. The van der Waals surface area contributed by atoms with Gasteiger partial charge in [-0.3, -0.25) is 4.79 Å². The van der Waals surface area contributed by atoms with E-state index in [-0.39, 0.29) is 25.8 Å². The van der Waals surface area contributed by atoms with E-state index in [0.717, 1.165) is 25.7 Å². The summed E-state index contributed by atoms with van der Waals surface area (Å²) in [4.78, 5) is 21.7. The average molecular weight is 497 g/mol. The number of ether oxygens (including phenoxy) is 8. The zero-order chi connectivity index (χ0) is 25.0. The normalized spacial score (nSPS) is 11.1. The van der Waals surface area contributed by atoms with Crippen LogP contribution in [0.25, 0.3) is 0 Å². The lowest BCUT2D eigenvalue weighted by Crippen LogP contribution is -2.15. The fourth-order valence-electron chi connectivity index (χ4n) is 2.46. The van der Waals surface area contributed by atoms with E-state index in [2.05, 4.69) is 6.92 Å². The molecule has 11 nitrogen and oxygen atoms in total. The number of esters is 1. The number of hydrogen-bond donors (Lipinski definition) is 1. The Morgan fingerprint density at radius 1 is 0.529 bits per heavy atom. The molecule has 0 aromatic heterocycles. The van der Waals surface area contributed by atoms with Gasteiger partial charge in [0.05, 0.1) is 85.9 Å². The standard InChI is InChI=1S/C23H44O11/c1-2-3-4-5-6-23(26)34-20-19-32-16-15-30-12-11-28-8-7-27-9-10-29-13-14-31-17-18-33-21-22(24)25/h2-21H2,1H3,(H,24,25). The summed E-state index contributed by atoms with van der Waals surface area (Å²) >= 11 is 0. The molecular formula is C23H44O11. The summed E-state index contributed by atoms with van der Waals surface area (Å²) in [5.41, 5.74) is 0. The zero-order valence-electron chi connectivity index (χ0n) is 20.7. The molecule has 0 aliphatic heterocycles. The van der Waals surface area contributed by atoms with Crippen molar-refractivity contribution >= 4 is 11.9 Å². The second-order valence-corrected chi connectivity index (χ2v) is 7.15. The minimum absolute atomic E-state index is 0.159. The Labute approximate surface area is 203 Å². The molecule has 0 fully saturated rings. The van der Waals surface area contributed by atoms with Gasteiger partial charge < -0.3 is 43.0 Å². The minimum Gasteiger partial charge on any atom is -0.480 e. The Bertz CT molecular complexity index is 449. The molecule has 0 aromatic carbocycles. The van der Waals surface area contributed by atoms with E-state index in [1.54, 1.807) is 0 Å². The summed E-state index contributed by atoms with van der Waals surface area (Å²) in [7, 11) is 0. The van der Waals surface area contributed by atoms with Crippen molar-refractivity contribution in [3.63, 3.8) is 0 Å². The Kier molecular flexibility index (Phi) is 26.8. The van der Waals surface area contributed by atoms with Crippen LogP contribution < -0.4 is 0 Å². The first kappa shape index (κ1) is 32.7. The minimum atomic E-state index is -0.996. The van der Waals surface area contributed by atoms with Gasteiger partial charge in [0.15, 0.2) is 0 Å². The number of hydrogen-bond acceptors (Lipinski definition) is 10. The second kappa shape index (κ2) is 27.9. The largest absolute Gasteiger partial charge is 0.480 e. The predicted molar refractivity (Wildman–Crippen MR) is 123 cm³/mol. The van der Waals surface area contributed by atoms with Gasteiger partial charge in [0.2, 0.25) is 0 Å². The van der Waals surface area contributed by atoms with Crippen molar-refractivity contribution in [3.8, 4) is 0 Å². The van der Waals surface area contributed by atoms with E-state index < -0.39 is 5.97 Å². The van der Waals surface area contributed by atoms with Gasteiger partial charge in [0.1, 0.15) is 13.2 Å². The summed E-state index contributed by atoms with van der Waals surface area (Å²) in [6.07, 6.45) is 4.74. The smallest absolute Gasteiger partial charge is 0.329 e. The molecule has 1 N–H and O–H groups in total. The van der Waals surface area contributed by atoms with Crippen molar-refractivity contribution in [3.05, 3.63) is 0 Å². The van der Waals surface area contributed by atoms with Gasteiger partial charge in [-0.25, -0.2) is 4.79 Å². The first-order chi connectivity index (χ1) is 16.7. The number of rotatable bonds is 28. The van der Waals surface area contributed by atoms with Crippen LogP contribution in [-0.2, 0) is 47.5 Å². The van der Waals surface area contributed by atoms with Gasteiger partial charge in [-0.15, -0.1) is 0 Å². The van der Waals surface area contributed by atoms with Crippen molar-refractivity contribution in [2.24, 2.45) is 0 Å². The summed E-state index contributed by atoms with van der Waals surface area (Å²) in [6.45, 7) is 7.62. The lowest BCUT2D eigenvalue weighted by atomic mass is 10.2. The molecule has 0 spiro atoms. The van der Waals surface area contributed by atoms with Gasteiger partial charge in [0.25, 0.3) is 0 Å². The lowest BCUT2D eigenvalue weighted by molar-refractivity contribution is -0.145. The van der Waals surface area contributed by atoms with Crippen molar-refractivity contribution < 1.29 is 52.6 Å². The molecule has 0 amide bonds. The highest BCUT2D eigenvalue weighted by atomic mass is 16.6. The van der Waals surface area contributed by atoms with Crippen LogP contribution in [0.1, 0.15) is 39.0 Å². The van der Waals surface area contributed by atoms with E-state index >= 15 is 0 Å². The molecule has 0 aliphatic rings. The number of unbranched alkanes of at least 4 members (excludes halogenated alkanes) is 3. The highest BCUT2D eigenvalue weighted by molar-refractivity contribution is 5.69. The first-order valence-corrected chi connectivity index (χ1v) is 12.1. The Hall–Kier alpha value is -1.34. The molecule has 0 atom stereocenters. The van der Waals surface area contributed by atoms with E-state index in [1.165, 1.54) is 0 Å². The first-order valence-electron chi connectivity index (χ1n) is 12.1. The summed E-state index contributed by atoms with van der Waals surface area (Å²) in [5, 5.41) is 8.39. The molecule has 0 rings (SSSR count). The quantitative estimate of drug-likeness (QED) is 0.126. The maximum absolute atomic E-state index is 11.5. The molecule has 0 bridgehead atoms. The number of carboxylic acid groups (broad SMARTS) is 1. The van der Waals surface area contributed by atoms with Crippen LogP contribution in [0.2, 0.25) is 0 Å². The maximum Gasteiger partial charge on any atom is 0.329 e. The highest BCUT2D eigenvalue weighted by Crippen LogP contribution is 2.03. The van der Waals surface area contributed by atoms with Crippen molar-refractivity contribution in [1.29, 1.82) is 0 Å². The zero-order valence-corrected chi connectivity index (χ0v) is 20.7. The van der Waals surface area contributed by atoms with Crippen LogP contribution in [0.4, 0.5) is 0 Å². The van der Waals surface area contributed by atoms with Crippen molar-refractivity contribution in [2.45, 2.75) is 39.0 Å². The fourth-order valence-corrected chi connectivity index (χ4v) is 2.46. The Morgan fingerprint density at radius 3 is 1.29 bits per heavy atom. The molecule has 0 heterocycles. The molecule has 0 saturated carbocycles. The van der Waals surface area contributed by atoms with Gasteiger partial charge in [-0.05, 0) is 6.42 Å². The van der Waals surface area contributed by atoms with Crippen LogP contribution in [0.5, 0.6) is 0 Å². The monoisotopic (exact) mass is 496 g/mol. The number of carbonyl (C=O) groups excluding carboxylic acids is 1. The third kappa shape index (κ3) is 28.7. The van der Waals surface area contributed by atoms with Gasteiger partial charge in [0, 0.05) is 6.42 Å². The van der Waals surface area contributed by atoms with E-state index in [0.29, 0.717) is 85.7 Å². The molecule has 202 valence electrons. The Morgan fingerprint density at radius 2 is 0.912 bits per heavy atom. The van der Waals surface area contributed by atoms with Gasteiger partial charge in [-0.2, -0.15) is 0 Å². The third-order valence-corrected chi connectivity index (χ3v) is 4.18. The summed E-state index contributed by atoms with van der Waals surface area (Å²) < 4.78 is 42.0. The van der Waals surface area contributed by atoms with Crippen LogP contribution in [0, 0.1) is 0 Å². The highest BCUT2D eigenvalue weighted by Gasteiger charge is 2.02. The molecule has 0 unspecified atom stereocenters. The van der Waals surface area contributed by atoms with Crippen LogP contribution in [0.3, 0.4) is 0 Å². The Balaban J connectivity index is 3.09. The summed E-state index contributed by atoms with van der Waals surface area (Å²) in [6, 6.07) is 0. The summed E-state index contributed by atoms with van der Waals surface area (Å²) in [5.74, 6) is -1.15. The molecule has 34 heavy (non-hydrogen) atoms. The number of aliphatic carboxylic acids is 1. The van der Waals surface area contributed by atoms with E-state index in [1.807, 2.05) is 0 Å². The van der Waals surface area contributed by atoms with E-state index in [9.17, 15) is 9.59 Å². The molecule has 0 aromatic rings. The topological polar surface area (TPSA) is 128 Å². The SMILES string of the molecule is CCCCCCC(=O)OCCOCCOCCOCCOCCOCCOCCOCC(=O)O. The van der Waals surface area contributed by atoms with Gasteiger partial charge >= 0.3 is 11.9 Å². The molecule has 0 radical (unpaired) electrons. The predicted octanol–water partition coefficient (Wildman–Crippen LogP) is 1.70. The van der Waals surface area contributed by atoms with Crippen LogP contribution in [-0.4, -0.2) is 116 Å². The third-order valence-electron chi connectivity index (χ3n) is 4.18. The molecular weight excluding hydrogens is 452 g/mol. The van der Waals surface area contributed by atoms with Crippen molar-refractivity contribution in [1.82, 2.24) is 0 Å². The lowest BCUT2D eigenvalue weighted by Gasteiger charge is -2.08. The fraction of sp³-hybridized carbons (Fsp3) is 0.913. The maximum atomic E-state index is 11.5. The second-order valence-electron chi connectivity index (χ2n) is 7.15. The number of carbonyl (C=O) groups is 2. The van der Waals surface area contributed by atoms with E-state index in [4.69, 9.17) is 43.0 Å². The van der Waals surface area contributed by atoms with Gasteiger partial charge in [-0.1, -0.05) is 26.2 Å². The van der Waals surface area contributed by atoms with Crippen LogP contribution >= 0.6 is 0 Å². The van der Waals surface area contributed by atoms with Crippen molar-refractivity contribution in [2.75, 3.05) is 99.1 Å². The number of carboxylic acids is 1. The molecule has 11 heteroatoms. The average Bonchev–Trinajstić information content (AvgIpc) is 2.82.